The topological polar surface area (TPSA) is 108 Å². The van der Waals surface area contributed by atoms with Crippen molar-refractivity contribution in [1.29, 1.82) is 0 Å². The highest BCUT2D eigenvalue weighted by Gasteiger charge is 2.28. The van der Waals surface area contributed by atoms with E-state index in [1.807, 2.05) is 0 Å². The Labute approximate surface area is 108 Å². The lowest BCUT2D eigenvalue weighted by Gasteiger charge is -2.31. The zero-order chi connectivity index (χ0) is 13.8. The van der Waals surface area contributed by atoms with Gasteiger partial charge in [-0.15, -0.1) is 5.10 Å². The molecule has 0 aliphatic carbocycles. The summed E-state index contributed by atoms with van der Waals surface area (Å²) >= 11 is 0. The van der Waals surface area contributed by atoms with E-state index in [2.05, 4.69) is 15.2 Å². The van der Waals surface area contributed by atoms with Crippen LogP contribution >= 0.6 is 0 Å². The van der Waals surface area contributed by atoms with Crippen molar-refractivity contribution in [2.45, 2.75) is 19.8 Å². The van der Waals surface area contributed by atoms with Gasteiger partial charge in [0.25, 0.3) is 5.56 Å². The van der Waals surface area contributed by atoms with E-state index in [9.17, 15) is 14.4 Å². The first-order chi connectivity index (χ1) is 9.11. The van der Waals surface area contributed by atoms with Crippen LogP contribution in [0.4, 0.5) is 5.82 Å². The average molecular weight is 268 g/mol. The maximum Gasteiger partial charge on any atom is 0.342 e. The van der Waals surface area contributed by atoms with Gasteiger partial charge in [-0.05, 0) is 19.8 Å². The van der Waals surface area contributed by atoms with Gasteiger partial charge in [0.15, 0.2) is 0 Å². The second-order valence-corrected chi connectivity index (χ2v) is 4.37. The van der Waals surface area contributed by atoms with Crippen LogP contribution in [0, 0.1) is 5.92 Å². The first-order valence-corrected chi connectivity index (χ1v) is 6.22. The predicted molar refractivity (Wildman–Crippen MR) is 67.0 cm³/mol. The molecule has 1 fully saturated rings. The number of aromatic amines is 2. The van der Waals surface area contributed by atoms with Crippen LogP contribution in [0.2, 0.25) is 0 Å². The van der Waals surface area contributed by atoms with Crippen LogP contribution in [-0.4, -0.2) is 40.8 Å². The van der Waals surface area contributed by atoms with Gasteiger partial charge in [-0.1, -0.05) is 0 Å². The number of rotatable bonds is 3. The van der Waals surface area contributed by atoms with Gasteiger partial charge in [-0.25, -0.2) is 9.89 Å². The minimum absolute atomic E-state index is 0.133. The number of carbonyl (C=O) groups excluding carboxylic acids is 1. The van der Waals surface area contributed by atoms with E-state index in [0.717, 1.165) is 12.8 Å². The predicted octanol–water partition coefficient (Wildman–Crippen LogP) is -0.762. The Kier molecular flexibility index (Phi) is 3.98. The van der Waals surface area contributed by atoms with Crippen LogP contribution in [0.15, 0.2) is 9.59 Å². The van der Waals surface area contributed by atoms with Crippen LogP contribution < -0.4 is 16.1 Å². The van der Waals surface area contributed by atoms with E-state index in [0.29, 0.717) is 19.7 Å². The molecular formula is C11H16N4O4. The lowest BCUT2D eigenvalue weighted by molar-refractivity contribution is -0.148. The standard InChI is InChI=1S/C11H16N4O4/c1-2-19-10(17)7-4-3-5-15(6-7)8-9(16)12-11(18)14-13-8/h7H,2-6H2,1H3,(H2,12,14,16,18)/t7-/m1/s1. The first kappa shape index (κ1) is 13.3. The van der Waals surface area contributed by atoms with E-state index < -0.39 is 11.2 Å². The molecule has 1 aliphatic heterocycles. The Morgan fingerprint density at radius 1 is 1.53 bits per heavy atom. The second kappa shape index (κ2) is 5.68. The largest absolute Gasteiger partial charge is 0.466 e. The van der Waals surface area contributed by atoms with Gasteiger partial charge < -0.3 is 9.64 Å². The number of aromatic nitrogens is 3. The molecule has 0 amide bonds. The molecule has 8 heteroatoms. The molecule has 1 saturated heterocycles. The summed E-state index contributed by atoms with van der Waals surface area (Å²) in [5, 5.41) is 5.92. The zero-order valence-corrected chi connectivity index (χ0v) is 10.6. The molecule has 8 nitrogen and oxygen atoms in total. The molecule has 1 aromatic heterocycles. The molecular weight excluding hydrogens is 252 g/mol. The summed E-state index contributed by atoms with van der Waals surface area (Å²) in [6.07, 6.45) is 1.50. The maximum absolute atomic E-state index is 11.7. The highest BCUT2D eigenvalue weighted by atomic mass is 16.5. The fraction of sp³-hybridized carbons (Fsp3) is 0.636. The van der Waals surface area contributed by atoms with Gasteiger partial charge in [0.1, 0.15) is 0 Å². The van der Waals surface area contributed by atoms with Crippen molar-refractivity contribution in [3.8, 4) is 0 Å². The van der Waals surface area contributed by atoms with Gasteiger partial charge in [0.05, 0.1) is 12.5 Å². The van der Waals surface area contributed by atoms with E-state index in [1.165, 1.54) is 0 Å². The number of esters is 1. The molecule has 2 heterocycles. The summed E-state index contributed by atoms with van der Waals surface area (Å²) in [7, 11) is 0. The van der Waals surface area contributed by atoms with E-state index >= 15 is 0 Å². The Morgan fingerprint density at radius 2 is 2.32 bits per heavy atom. The lowest BCUT2D eigenvalue weighted by atomic mass is 9.98. The first-order valence-electron chi connectivity index (χ1n) is 6.22. The minimum atomic E-state index is -0.646. The summed E-state index contributed by atoms with van der Waals surface area (Å²) in [6, 6.07) is 0. The van der Waals surface area contributed by atoms with Crippen molar-refractivity contribution in [1.82, 2.24) is 15.2 Å². The van der Waals surface area contributed by atoms with Crippen molar-refractivity contribution >= 4 is 11.8 Å². The minimum Gasteiger partial charge on any atom is -0.466 e. The van der Waals surface area contributed by atoms with Gasteiger partial charge in [-0.3, -0.25) is 14.6 Å². The Balaban J connectivity index is 2.15. The normalized spacial score (nSPS) is 19.2. The maximum atomic E-state index is 11.7. The lowest BCUT2D eigenvalue weighted by Crippen LogP contribution is -2.43. The number of hydrogen-bond donors (Lipinski definition) is 2. The van der Waals surface area contributed by atoms with Crippen LogP contribution in [0.1, 0.15) is 19.8 Å². The highest BCUT2D eigenvalue weighted by molar-refractivity contribution is 5.73. The second-order valence-electron chi connectivity index (χ2n) is 4.37. The SMILES string of the molecule is CCOC(=O)[C@@H]1CCCN(c2n[nH]c(=O)[nH]c2=O)C1. The highest BCUT2D eigenvalue weighted by Crippen LogP contribution is 2.19. The van der Waals surface area contributed by atoms with Crippen LogP contribution in [0.5, 0.6) is 0 Å². The molecule has 1 aromatic rings. The molecule has 0 unspecified atom stereocenters. The number of carbonyl (C=O) groups is 1. The molecule has 0 bridgehead atoms. The van der Waals surface area contributed by atoms with E-state index in [-0.39, 0.29) is 17.7 Å². The Morgan fingerprint density at radius 3 is 3.00 bits per heavy atom. The summed E-state index contributed by atoms with van der Waals surface area (Å²) in [6.45, 7) is 3.10. The number of hydrogen-bond acceptors (Lipinski definition) is 6. The molecule has 1 atom stereocenters. The molecule has 0 radical (unpaired) electrons. The van der Waals surface area contributed by atoms with Gasteiger partial charge in [-0.2, -0.15) is 0 Å². The average Bonchev–Trinajstić information content (AvgIpc) is 2.39. The van der Waals surface area contributed by atoms with Crippen molar-refractivity contribution in [3.63, 3.8) is 0 Å². The van der Waals surface area contributed by atoms with Gasteiger partial charge in [0, 0.05) is 13.1 Å². The zero-order valence-electron chi connectivity index (χ0n) is 10.6. The Bertz CT molecular complexity index is 564. The van der Waals surface area contributed by atoms with Gasteiger partial charge >= 0.3 is 11.7 Å². The Hall–Kier alpha value is -2.12. The third-order valence-corrected chi connectivity index (χ3v) is 3.03. The van der Waals surface area contributed by atoms with Crippen LogP contribution in [0.3, 0.4) is 0 Å². The number of ether oxygens (including phenoxy) is 1. The molecule has 2 N–H and O–H groups in total. The quantitative estimate of drug-likeness (QED) is 0.697. The van der Waals surface area contributed by atoms with Crippen molar-refractivity contribution < 1.29 is 9.53 Å². The number of nitrogens with one attached hydrogen (secondary N) is 2. The van der Waals surface area contributed by atoms with Crippen molar-refractivity contribution in [2.75, 3.05) is 24.6 Å². The number of nitrogens with zero attached hydrogens (tertiary/aromatic N) is 2. The monoisotopic (exact) mass is 268 g/mol. The third kappa shape index (κ3) is 3.01. The summed E-state index contributed by atoms with van der Waals surface area (Å²) in [4.78, 5) is 38.1. The fourth-order valence-electron chi connectivity index (χ4n) is 2.18. The van der Waals surface area contributed by atoms with Crippen LogP contribution in [-0.2, 0) is 9.53 Å². The number of piperidine rings is 1. The molecule has 1 aliphatic rings. The van der Waals surface area contributed by atoms with Crippen molar-refractivity contribution in [2.24, 2.45) is 5.92 Å². The fourth-order valence-corrected chi connectivity index (χ4v) is 2.18. The summed E-state index contributed by atoms with van der Waals surface area (Å²) < 4.78 is 4.99. The molecule has 19 heavy (non-hydrogen) atoms. The molecule has 2 rings (SSSR count). The molecule has 0 saturated carbocycles. The van der Waals surface area contributed by atoms with Gasteiger partial charge in [0.2, 0.25) is 5.82 Å². The molecule has 104 valence electrons. The van der Waals surface area contributed by atoms with Crippen LogP contribution in [0.25, 0.3) is 0 Å². The third-order valence-electron chi connectivity index (χ3n) is 3.03. The number of H-pyrrole nitrogens is 2. The van der Waals surface area contributed by atoms with E-state index in [1.54, 1.807) is 11.8 Å². The number of anilines is 1. The molecule has 0 spiro atoms. The molecule has 0 aromatic carbocycles. The van der Waals surface area contributed by atoms with E-state index in [4.69, 9.17) is 4.74 Å². The smallest absolute Gasteiger partial charge is 0.342 e. The summed E-state index contributed by atoms with van der Waals surface area (Å²) in [5.41, 5.74) is -1.19. The van der Waals surface area contributed by atoms with Crippen molar-refractivity contribution in [3.05, 3.63) is 20.8 Å². The summed E-state index contributed by atoms with van der Waals surface area (Å²) in [5.74, 6) is -0.386.